The van der Waals surface area contributed by atoms with Crippen LogP contribution in [-0.2, 0) is 6.54 Å². The molecule has 3 aliphatic carbocycles. The van der Waals surface area contributed by atoms with E-state index in [2.05, 4.69) is 16.1 Å². The first-order chi connectivity index (χ1) is 17.5. The normalized spacial score (nSPS) is 32.6. The van der Waals surface area contributed by atoms with Crippen molar-refractivity contribution >= 4 is 11.0 Å². The third-order valence-electron chi connectivity index (χ3n) is 9.81. The van der Waals surface area contributed by atoms with Crippen molar-refractivity contribution in [3.8, 4) is 11.8 Å². The molecule has 36 heavy (non-hydrogen) atoms. The topological polar surface area (TPSA) is 115 Å². The van der Waals surface area contributed by atoms with Crippen molar-refractivity contribution in [2.24, 2.45) is 11.8 Å². The van der Waals surface area contributed by atoms with Crippen molar-refractivity contribution in [1.29, 1.82) is 0 Å². The van der Waals surface area contributed by atoms with Gasteiger partial charge in [-0.2, -0.15) is 0 Å². The summed E-state index contributed by atoms with van der Waals surface area (Å²) in [4.78, 5) is 2.57. The second kappa shape index (κ2) is 8.50. The highest BCUT2D eigenvalue weighted by atomic mass is 16.5. The smallest absolute Gasteiger partial charge is 0.197 e. The first kappa shape index (κ1) is 22.6. The van der Waals surface area contributed by atoms with Crippen molar-refractivity contribution < 1.29 is 24.9 Å². The lowest BCUT2D eigenvalue weighted by Crippen LogP contribution is -2.38. The van der Waals surface area contributed by atoms with Gasteiger partial charge in [0.15, 0.2) is 17.3 Å². The molecule has 2 aromatic heterocycles. The molecule has 0 spiro atoms. The van der Waals surface area contributed by atoms with E-state index in [1.807, 2.05) is 18.2 Å². The molecule has 4 aliphatic rings. The molecular weight excluding hydrogens is 458 g/mol. The van der Waals surface area contributed by atoms with Crippen LogP contribution in [0.1, 0.15) is 73.1 Å². The van der Waals surface area contributed by atoms with Gasteiger partial charge in [0.25, 0.3) is 0 Å². The average Bonchev–Trinajstić information content (AvgIpc) is 3.69. The lowest BCUT2D eigenvalue weighted by atomic mass is 9.89. The summed E-state index contributed by atoms with van der Waals surface area (Å²) in [5.74, 6) is 0.961. The number of fused-ring (bicyclic) bond motifs is 6. The van der Waals surface area contributed by atoms with Crippen LogP contribution in [0.15, 0.2) is 28.8 Å². The van der Waals surface area contributed by atoms with Gasteiger partial charge in [0.2, 0.25) is 0 Å². The quantitative estimate of drug-likeness (QED) is 0.429. The predicted molar refractivity (Wildman–Crippen MR) is 133 cm³/mol. The van der Waals surface area contributed by atoms with E-state index in [4.69, 9.17) is 4.52 Å². The summed E-state index contributed by atoms with van der Waals surface area (Å²) in [7, 11) is 0. The molecule has 2 bridgehead atoms. The summed E-state index contributed by atoms with van der Waals surface area (Å²) in [5.41, 5.74) is 3.28. The number of likely N-dealkylation sites (tertiary alicyclic amines) is 1. The van der Waals surface area contributed by atoms with E-state index >= 15 is 0 Å². The van der Waals surface area contributed by atoms with Crippen LogP contribution >= 0.6 is 0 Å². The van der Waals surface area contributed by atoms with Crippen LogP contribution in [0.25, 0.3) is 11.0 Å². The number of nitrogens with zero attached hydrogens (tertiary/aromatic N) is 3. The molecule has 1 saturated heterocycles. The fourth-order valence-corrected chi connectivity index (χ4v) is 7.89. The Morgan fingerprint density at radius 2 is 1.50 bits per heavy atom. The summed E-state index contributed by atoms with van der Waals surface area (Å²) in [6.07, 6.45) is 4.46. The fraction of sp³-hybridized carbons (Fsp3) is 0.607. The molecular formula is C28H35N3O5. The molecule has 192 valence electrons. The maximum absolute atomic E-state index is 11.0. The first-order valence-electron chi connectivity index (χ1n) is 13.6. The Morgan fingerprint density at radius 3 is 2.19 bits per heavy atom. The number of aromatic nitrogens is 2. The largest absolute Gasteiger partial charge is 0.494 e. The summed E-state index contributed by atoms with van der Waals surface area (Å²) < 4.78 is 7.20. The van der Waals surface area contributed by atoms with Crippen LogP contribution in [0.2, 0.25) is 0 Å². The Balaban J connectivity index is 1.02. The fourth-order valence-electron chi connectivity index (χ4n) is 7.89. The number of hydrogen-bond acceptors (Lipinski definition) is 7. The van der Waals surface area contributed by atoms with Crippen molar-refractivity contribution in [2.75, 3.05) is 19.6 Å². The molecule has 4 N–H and O–H groups in total. The first-order valence-corrected chi connectivity index (χ1v) is 13.6. The Kier molecular flexibility index (Phi) is 5.34. The zero-order valence-corrected chi connectivity index (χ0v) is 20.5. The molecule has 1 aromatic carbocycles. The Labute approximate surface area is 210 Å². The molecule has 1 aliphatic heterocycles. The lowest BCUT2D eigenvalue weighted by molar-refractivity contribution is 0.0211. The van der Waals surface area contributed by atoms with E-state index in [-0.39, 0.29) is 23.6 Å². The second-order valence-corrected chi connectivity index (χ2v) is 11.6. The third-order valence-corrected chi connectivity index (χ3v) is 9.81. The highest BCUT2D eigenvalue weighted by Crippen LogP contribution is 2.60. The minimum atomic E-state index is -0.860. The molecule has 7 rings (SSSR count). The lowest BCUT2D eigenvalue weighted by Gasteiger charge is -2.34. The van der Waals surface area contributed by atoms with Gasteiger partial charge >= 0.3 is 0 Å². The molecule has 0 amide bonds. The van der Waals surface area contributed by atoms with Crippen molar-refractivity contribution in [3.63, 3.8) is 0 Å². The highest BCUT2D eigenvalue weighted by molar-refractivity contribution is 5.79. The summed E-state index contributed by atoms with van der Waals surface area (Å²) in [6.45, 7) is 3.72. The number of aromatic hydroxyl groups is 2. The maximum Gasteiger partial charge on any atom is 0.197 e. The van der Waals surface area contributed by atoms with Crippen LogP contribution < -0.4 is 0 Å². The standard InChI is InChI=1S/C28H35N3O5/c32-25-19-12-20(26(25)33)23-22(19)27(34)31(28(23)35)14-17-5-3-4-16(17)13-30-10-8-15(9-11-30)24-18-6-1-2-7-21(18)36-29-24/h1-2,6-7,15-17,19-20,25-26,32-35H,3-5,8-14H2/t16-,17-,19?,20?,25?,26?/m1/s1. The van der Waals surface area contributed by atoms with E-state index < -0.39 is 12.2 Å². The van der Waals surface area contributed by atoms with Crippen LogP contribution in [0, 0.1) is 11.8 Å². The number of piperidine rings is 1. The van der Waals surface area contributed by atoms with E-state index in [1.54, 1.807) is 4.57 Å². The summed E-state index contributed by atoms with van der Waals surface area (Å²) >= 11 is 0. The minimum Gasteiger partial charge on any atom is -0.494 e. The van der Waals surface area contributed by atoms with Crippen molar-refractivity contribution in [2.45, 2.75) is 75.0 Å². The van der Waals surface area contributed by atoms with Crippen molar-refractivity contribution in [3.05, 3.63) is 41.1 Å². The molecule has 2 saturated carbocycles. The van der Waals surface area contributed by atoms with Crippen LogP contribution in [0.3, 0.4) is 0 Å². The van der Waals surface area contributed by atoms with Gasteiger partial charge in [0.1, 0.15) is 0 Å². The zero-order valence-electron chi connectivity index (χ0n) is 20.5. The van der Waals surface area contributed by atoms with Gasteiger partial charge in [0.05, 0.1) is 17.9 Å². The Bertz CT molecular complexity index is 1240. The van der Waals surface area contributed by atoms with Gasteiger partial charge in [-0.15, -0.1) is 0 Å². The second-order valence-electron chi connectivity index (χ2n) is 11.6. The SMILES string of the molecule is Oc1c2c(c(O)n1C[C@H]1CCC[C@@H]1CN1CCC(c3noc4ccccc34)CC1)C1CC2C(O)C1O. The molecule has 6 atom stereocenters. The van der Waals surface area contributed by atoms with Gasteiger partial charge in [-0.05, 0) is 69.2 Å². The van der Waals surface area contributed by atoms with E-state index in [0.29, 0.717) is 41.8 Å². The maximum atomic E-state index is 11.0. The van der Waals surface area contributed by atoms with Gasteiger partial charge in [-0.25, -0.2) is 0 Å². The molecule has 0 radical (unpaired) electrons. The number of benzene rings is 1. The molecule has 8 nitrogen and oxygen atoms in total. The number of rotatable bonds is 5. The molecule has 4 unspecified atom stereocenters. The monoisotopic (exact) mass is 493 g/mol. The van der Waals surface area contributed by atoms with Gasteiger partial charge < -0.3 is 29.8 Å². The van der Waals surface area contributed by atoms with Gasteiger partial charge in [0, 0.05) is 47.4 Å². The number of aliphatic hydroxyl groups excluding tert-OH is 2. The van der Waals surface area contributed by atoms with Gasteiger partial charge in [-0.3, -0.25) is 4.57 Å². The molecule has 3 aromatic rings. The zero-order chi connectivity index (χ0) is 24.6. The number of aliphatic hydroxyl groups is 2. The Hall–Kier alpha value is -2.55. The minimum absolute atomic E-state index is 0.0900. The van der Waals surface area contributed by atoms with Crippen molar-refractivity contribution in [1.82, 2.24) is 14.6 Å². The molecule has 3 fully saturated rings. The number of para-hydroxylation sites is 1. The van der Waals surface area contributed by atoms with E-state index in [0.717, 1.165) is 55.6 Å². The van der Waals surface area contributed by atoms with E-state index in [9.17, 15) is 20.4 Å². The summed E-state index contributed by atoms with van der Waals surface area (Å²) in [5, 5.41) is 48.2. The van der Waals surface area contributed by atoms with Crippen LogP contribution in [0.4, 0.5) is 0 Å². The van der Waals surface area contributed by atoms with Crippen LogP contribution in [-0.4, -0.2) is 66.9 Å². The summed E-state index contributed by atoms with van der Waals surface area (Å²) in [6, 6.07) is 8.11. The number of hydrogen-bond donors (Lipinski definition) is 4. The average molecular weight is 494 g/mol. The predicted octanol–water partition coefficient (Wildman–Crippen LogP) is 3.64. The third kappa shape index (κ3) is 3.34. The van der Waals surface area contributed by atoms with E-state index in [1.165, 1.54) is 12.8 Å². The van der Waals surface area contributed by atoms with Crippen LogP contribution in [0.5, 0.6) is 11.8 Å². The van der Waals surface area contributed by atoms with Gasteiger partial charge in [-0.1, -0.05) is 23.7 Å². The highest BCUT2D eigenvalue weighted by Gasteiger charge is 2.54. The molecule has 8 heteroatoms. The molecule has 3 heterocycles. The Morgan fingerprint density at radius 1 is 0.861 bits per heavy atom.